The van der Waals surface area contributed by atoms with Gasteiger partial charge in [-0.15, -0.1) is 0 Å². The number of imide groups is 1. The van der Waals surface area contributed by atoms with Crippen LogP contribution in [0.2, 0.25) is 0 Å². The molecular formula is C80H116FN19O17. The number of H-pyrrole nitrogens is 1. The van der Waals surface area contributed by atoms with Gasteiger partial charge in [-0.3, -0.25) is 67.1 Å². The smallest absolute Gasteiger partial charge is 0.306 e. The van der Waals surface area contributed by atoms with E-state index in [0.29, 0.717) is 46.7 Å². The summed E-state index contributed by atoms with van der Waals surface area (Å²) in [7, 11) is 0. The van der Waals surface area contributed by atoms with Gasteiger partial charge in [-0.2, -0.15) is 0 Å². The van der Waals surface area contributed by atoms with Crippen molar-refractivity contribution >= 4 is 100 Å². The van der Waals surface area contributed by atoms with Crippen molar-refractivity contribution in [2.45, 2.75) is 206 Å². The number of hydrogen-bond donors (Lipinski definition) is 19. The molecule has 0 aliphatic carbocycles. The maximum atomic E-state index is 15.1. The number of nitrogens with zero attached hydrogens (tertiary/aromatic N) is 2. The van der Waals surface area contributed by atoms with Gasteiger partial charge in [-0.25, -0.2) is 9.29 Å². The summed E-state index contributed by atoms with van der Waals surface area (Å²) in [6.07, 6.45) is -4.16. The molecule has 3 aromatic carbocycles. The van der Waals surface area contributed by atoms with Crippen LogP contribution in [0, 0.1) is 32.5 Å². The molecule has 3 heterocycles. The molecule has 2 aliphatic heterocycles. The molecular weight excluding hydrogens is 1520 g/mol. The number of aromatic nitrogens is 1. The number of ether oxygens (including phenoxy) is 1. The number of amides is 13. The number of nitrogens with two attached hydrogens (primary N) is 5. The van der Waals surface area contributed by atoms with Gasteiger partial charge in [0.1, 0.15) is 66.8 Å². The number of rotatable bonds is 34. The van der Waals surface area contributed by atoms with Crippen molar-refractivity contribution in [2.24, 2.45) is 34.6 Å². The van der Waals surface area contributed by atoms with Crippen LogP contribution in [-0.2, 0) is 75.3 Å². The molecule has 24 N–H and O–H groups in total. The largest absolute Gasteiger partial charge is 0.461 e. The van der Waals surface area contributed by atoms with Gasteiger partial charge in [0.05, 0.1) is 35.1 Å². The highest BCUT2D eigenvalue weighted by Crippen LogP contribution is 2.40. The van der Waals surface area contributed by atoms with Crippen LogP contribution < -0.4 is 92.1 Å². The number of aromatic amines is 1. The highest BCUT2D eigenvalue weighted by Gasteiger charge is 2.42. The Balaban J connectivity index is 1.18. The molecule has 0 radical (unpaired) electrons. The van der Waals surface area contributed by atoms with Crippen LogP contribution in [0.1, 0.15) is 159 Å². The summed E-state index contributed by atoms with van der Waals surface area (Å²) in [6, 6.07) is 0.957. The molecule has 6 rings (SSSR count). The maximum Gasteiger partial charge on any atom is 0.306 e. The molecule has 12 atom stereocenters. The monoisotopic (exact) mass is 1630 g/mol. The van der Waals surface area contributed by atoms with Crippen molar-refractivity contribution in [3.8, 4) is 0 Å². The minimum absolute atomic E-state index is 0.0155. The van der Waals surface area contributed by atoms with Gasteiger partial charge in [-0.1, -0.05) is 76.2 Å². The Hall–Kier alpha value is -10.9. The van der Waals surface area contributed by atoms with Crippen LogP contribution >= 0.6 is 0 Å². The topological polar surface area (TPSA) is 573 Å². The lowest BCUT2D eigenvalue weighted by atomic mass is 10.00. The zero-order valence-corrected chi connectivity index (χ0v) is 67.8. The molecule has 37 heteroatoms. The fourth-order valence-corrected chi connectivity index (χ4v) is 13.5. The quantitative estimate of drug-likeness (QED) is 0.0133. The first-order chi connectivity index (χ1) is 55.6. The summed E-state index contributed by atoms with van der Waals surface area (Å²) in [5.74, 6) is -13.7. The molecule has 117 heavy (non-hydrogen) atoms. The summed E-state index contributed by atoms with van der Waals surface area (Å²) in [4.78, 5) is 205. The second kappa shape index (κ2) is 46.1. The zero-order chi connectivity index (χ0) is 86.5. The molecule has 640 valence electrons. The summed E-state index contributed by atoms with van der Waals surface area (Å²) in [5.41, 5.74) is 32.9. The first-order valence-corrected chi connectivity index (χ1v) is 39.4. The third-order valence-electron chi connectivity index (χ3n) is 20.0. The molecule has 1 saturated heterocycles. The fourth-order valence-electron chi connectivity index (χ4n) is 13.5. The number of hydrogen-bond acceptors (Lipinski definition) is 23. The van der Waals surface area contributed by atoms with Crippen molar-refractivity contribution in [1.29, 1.82) is 0 Å². The molecule has 4 aromatic rings. The Morgan fingerprint density at radius 1 is 0.675 bits per heavy atom. The maximum absolute atomic E-state index is 15.1. The summed E-state index contributed by atoms with van der Waals surface area (Å²) in [5, 5.41) is 50.2. The van der Waals surface area contributed by atoms with E-state index < -0.39 is 188 Å². The third-order valence-corrected chi connectivity index (χ3v) is 20.0. The number of benzene rings is 3. The first-order valence-electron chi connectivity index (χ1n) is 39.4. The van der Waals surface area contributed by atoms with Crippen LogP contribution in [0.3, 0.4) is 0 Å². The van der Waals surface area contributed by atoms with Crippen molar-refractivity contribution < 1.29 is 86.5 Å². The Kier molecular flexibility index (Phi) is 37.4. The molecule has 2 aliphatic rings. The highest BCUT2D eigenvalue weighted by molar-refractivity contribution is 6.44. The summed E-state index contributed by atoms with van der Waals surface area (Å²) in [6.45, 7) is 15.9. The van der Waals surface area contributed by atoms with E-state index in [1.165, 1.54) is 25.1 Å². The number of anilines is 1. The number of nitrogens with one attached hydrogen (secondary N) is 12. The van der Waals surface area contributed by atoms with Gasteiger partial charge >= 0.3 is 5.97 Å². The molecule has 0 bridgehead atoms. The second-order valence-electron chi connectivity index (χ2n) is 29.5. The van der Waals surface area contributed by atoms with E-state index in [1.807, 2.05) is 13.8 Å². The minimum atomic E-state index is -1.85. The average Bonchev–Trinajstić information content (AvgIpc) is 1.59. The summed E-state index contributed by atoms with van der Waals surface area (Å²) < 4.78 is 20.7. The number of esters is 1. The number of aliphatic hydroxyl groups excluding tert-OH is 2. The number of aryl methyl sites for hydroxylation is 2. The first kappa shape index (κ1) is 94.9. The predicted molar refractivity (Wildman–Crippen MR) is 432 cm³/mol. The number of fused-ring (bicyclic) bond motifs is 1. The van der Waals surface area contributed by atoms with Crippen LogP contribution in [0.15, 0.2) is 66.7 Å². The Labute approximate surface area is 679 Å². The van der Waals surface area contributed by atoms with E-state index in [4.69, 9.17) is 33.4 Å². The van der Waals surface area contributed by atoms with Crippen molar-refractivity contribution in [3.63, 3.8) is 0 Å². The zero-order valence-electron chi connectivity index (χ0n) is 67.8. The lowest BCUT2D eigenvalue weighted by Crippen LogP contribution is -2.61. The standard InChI is InChI=1S/C80H116FN19O17/c1-10-99(11-2)36-35-88-76(112)65-44(6)59(89-45(65)7)40-52-51-39-50(81)22-24-62(51)100(79(52)115)80(116)64-43(5)17-15-20-49(64)41-117-63(103)25-23-53(86)68(104)97-67(47(9)102)78(114)94-57(28-33-85)70(106)93-58-29-34-87-77(113)66(46(8)101)98-73(109)54(21-16-30-82)90-69(105)55(26-31-83)92-74(110)60(37-42(3)4)95-75(111)61(38-48-18-13-12-14-19-48)96-71(107)56(27-32-84)91-72(58)108/h12-15,17-20,22,24,39-40,42,46-47,53-58,60-61,66-67,89,101-102H,10-11,16,21,23,25-38,41,82-86H2,1-9H3,(H,87,113)(H,88,112)(H,90,105)(H,91,108)(H,92,110)(H,93,106)(H,94,114)(H,95,111)(H,96,107)(H,97,104)(H,98,109)/b52-40-/t46-,47-,53-,54-,55-,56-,57-,58+,60-,61-,66-,67+/m1/s1. The predicted octanol–water partition coefficient (Wildman–Crippen LogP) is -2.25. The molecule has 1 aromatic heterocycles. The number of carbonyl (C=O) groups is 14. The molecule has 1 fully saturated rings. The van der Waals surface area contributed by atoms with Gasteiger partial charge in [0.2, 0.25) is 59.1 Å². The van der Waals surface area contributed by atoms with Crippen LogP contribution in [-0.4, -0.2) is 234 Å². The Morgan fingerprint density at radius 3 is 1.89 bits per heavy atom. The normalized spacial score (nSPS) is 20.4. The third kappa shape index (κ3) is 27.1. The SMILES string of the molecule is CCN(CC)CCNC(=O)c1c(C)[nH]c(/C=C2\C(=O)N(C(=O)c3c(C)cccc3COC(=O)CC[C@@H](N)C(=O)N[C@H](C(=O)N[C@H](CCN)C(=O)N[C@H]3CCNC(=O)[C@@H]([C@@H](C)O)NC(=O)[C@@H](CCCN)NC(=O)[C@@H](CCN)NC(=O)[C@@H](CC(C)C)NC(=O)[C@@H](Cc4ccccc4)NC(=O)[C@@H](CCN)NC3=O)[C@@H](C)O)c3ccc(F)cc32)c1C. The number of aliphatic hydroxyl groups is 2. The van der Waals surface area contributed by atoms with Crippen molar-refractivity contribution in [2.75, 3.05) is 63.8 Å². The van der Waals surface area contributed by atoms with Gasteiger partial charge < -0.3 is 112 Å². The minimum Gasteiger partial charge on any atom is -0.461 e. The van der Waals surface area contributed by atoms with Crippen molar-refractivity contribution in [3.05, 3.63) is 123 Å². The van der Waals surface area contributed by atoms with E-state index in [9.17, 15) is 77.3 Å². The molecule has 0 unspecified atom stereocenters. The Morgan fingerprint density at radius 2 is 1.28 bits per heavy atom. The van der Waals surface area contributed by atoms with Gasteiger partial charge in [0.25, 0.3) is 17.7 Å². The fraction of sp³-hybridized carbons (Fsp3) is 0.525. The summed E-state index contributed by atoms with van der Waals surface area (Å²) >= 11 is 0. The molecule has 0 spiro atoms. The molecule has 36 nitrogen and oxygen atoms in total. The van der Waals surface area contributed by atoms with Gasteiger partial charge in [-0.05, 0) is 172 Å². The van der Waals surface area contributed by atoms with Gasteiger partial charge in [0, 0.05) is 60.6 Å². The lowest BCUT2D eigenvalue weighted by molar-refractivity contribution is -0.145. The van der Waals surface area contributed by atoms with Gasteiger partial charge in [0.15, 0.2) is 0 Å². The van der Waals surface area contributed by atoms with Crippen LogP contribution in [0.5, 0.6) is 0 Å². The molecule has 0 saturated carbocycles. The van der Waals surface area contributed by atoms with E-state index in [2.05, 4.69) is 68.4 Å². The van der Waals surface area contributed by atoms with E-state index in [1.54, 1.807) is 77.1 Å². The number of carbonyl (C=O) groups excluding carboxylic acids is 14. The van der Waals surface area contributed by atoms with Crippen LogP contribution in [0.4, 0.5) is 10.1 Å². The lowest BCUT2D eigenvalue weighted by Gasteiger charge is -2.28. The van der Waals surface area contributed by atoms with E-state index >= 15 is 4.39 Å². The average molecular weight is 1630 g/mol. The van der Waals surface area contributed by atoms with Crippen LogP contribution in [0.25, 0.3) is 11.6 Å². The number of halogens is 1. The second-order valence-corrected chi connectivity index (χ2v) is 29.5. The number of likely N-dealkylation sites (N-methyl/N-ethyl adjacent to an activating group) is 1. The molecule has 13 amide bonds. The Bertz CT molecular complexity index is 4210. The van der Waals surface area contributed by atoms with Crippen molar-refractivity contribution in [1.82, 2.24) is 68.4 Å². The van der Waals surface area contributed by atoms with E-state index in [0.717, 1.165) is 37.0 Å². The van der Waals surface area contributed by atoms with E-state index in [-0.39, 0.29) is 111 Å². The highest BCUT2D eigenvalue weighted by atomic mass is 19.1.